The summed E-state index contributed by atoms with van der Waals surface area (Å²) in [7, 11) is 0. The zero-order chi connectivity index (χ0) is 11.7. The zero-order valence-electron chi connectivity index (χ0n) is 9.17. The second kappa shape index (κ2) is 4.72. The maximum absolute atomic E-state index is 13.8. The molecule has 1 saturated heterocycles. The standard InChI is InChI=1S/C12H15F2NS/c1-7-2-3-9(13)10(11(7)14)12(15)8-4-5-16-6-8/h2-3,8,12H,4-6,15H2,1H3. The van der Waals surface area contributed by atoms with Gasteiger partial charge < -0.3 is 5.73 Å². The Morgan fingerprint density at radius 3 is 2.81 bits per heavy atom. The van der Waals surface area contributed by atoms with Crippen LogP contribution in [-0.2, 0) is 0 Å². The molecule has 0 bridgehead atoms. The fourth-order valence-electron chi connectivity index (χ4n) is 2.06. The molecule has 16 heavy (non-hydrogen) atoms. The second-order valence-corrected chi connectivity index (χ2v) is 5.39. The maximum Gasteiger partial charge on any atom is 0.133 e. The summed E-state index contributed by atoms with van der Waals surface area (Å²) in [5.41, 5.74) is 6.50. The first-order valence-corrected chi connectivity index (χ1v) is 6.54. The number of nitrogens with two attached hydrogens (primary N) is 1. The van der Waals surface area contributed by atoms with Crippen molar-refractivity contribution in [3.8, 4) is 0 Å². The number of halogens is 2. The van der Waals surface area contributed by atoms with E-state index in [-0.39, 0.29) is 11.5 Å². The Labute approximate surface area is 98.4 Å². The molecule has 88 valence electrons. The van der Waals surface area contributed by atoms with Gasteiger partial charge in [-0.2, -0.15) is 11.8 Å². The van der Waals surface area contributed by atoms with Crippen LogP contribution in [0.2, 0.25) is 0 Å². The van der Waals surface area contributed by atoms with Gasteiger partial charge in [0.05, 0.1) is 0 Å². The third-order valence-corrected chi connectivity index (χ3v) is 4.31. The van der Waals surface area contributed by atoms with Gasteiger partial charge in [0.1, 0.15) is 11.6 Å². The second-order valence-electron chi connectivity index (χ2n) is 4.24. The van der Waals surface area contributed by atoms with Crippen LogP contribution < -0.4 is 5.73 Å². The van der Waals surface area contributed by atoms with Crippen molar-refractivity contribution in [3.63, 3.8) is 0 Å². The number of hydrogen-bond donors (Lipinski definition) is 1. The molecule has 0 saturated carbocycles. The van der Waals surface area contributed by atoms with Crippen LogP contribution in [0.5, 0.6) is 0 Å². The van der Waals surface area contributed by atoms with Gasteiger partial charge >= 0.3 is 0 Å². The van der Waals surface area contributed by atoms with Gasteiger partial charge in [-0.25, -0.2) is 8.78 Å². The van der Waals surface area contributed by atoms with E-state index in [4.69, 9.17) is 5.73 Å². The summed E-state index contributed by atoms with van der Waals surface area (Å²) in [6, 6.07) is 2.23. The molecule has 1 aromatic rings. The summed E-state index contributed by atoms with van der Waals surface area (Å²) in [5.74, 6) is 1.12. The molecule has 1 aliphatic rings. The van der Waals surface area contributed by atoms with Gasteiger partial charge in [-0.1, -0.05) is 6.07 Å². The molecule has 1 aliphatic heterocycles. The molecule has 1 aromatic carbocycles. The van der Waals surface area contributed by atoms with Crippen LogP contribution in [0, 0.1) is 24.5 Å². The molecule has 0 amide bonds. The average Bonchev–Trinajstić information content (AvgIpc) is 2.77. The molecule has 1 nitrogen and oxygen atoms in total. The zero-order valence-corrected chi connectivity index (χ0v) is 9.99. The van der Waals surface area contributed by atoms with E-state index in [0.717, 1.165) is 17.9 Å². The van der Waals surface area contributed by atoms with E-state index in [9.17, 15) is 8.78 Å². The molecule has 1 fully saturated rings. The Hall–Kier alpha value is -0.610. The van der Waals surface area contributed by atoms with Gasteiger partial charge in [-0.3, -0.25) is 0 Å². The maximum atomic E-state index is 13.8. The predicted octanol–water partition coefficient (Wildman–Crippen LogP) is 3.03. The summed E-state index contributed by atoms with van der Waals surface area (Å²) in [6.07, 6.45) is 0.943. The molecule has 2 unspecified atom stereocenters. The molecular weight excluding hydrogens is 228 g/mol. The van der Waals surface area contributed by atoms with E-state index in [1.54, 1.807) is 18.7 Å². The SMILES string of the molecule is Cc1ccc(F)c(C(N)C2CCSC2)c1F. The van der Waals surface area contributed by atoms with Crippen molar-refractivity contribution in [1.82, 2.24) is 0 Å². The van der Waals surface area contributed by atoms with Crippen LogP contribution >= 0.6 is 11.8 Å². The number of hydrogen-bond acceptors (Lipinski definition) is 2. The highest BCUT2D eigenvalue weighted by Crippen LogP contribution is 2.35. The first kappa shape index (κ1) is 11.9. The molecule has 0 spiro atoms. The van der Waals surface area contributed by atoms with Crippen molar-refractivity contribution in [2.75, 3.05) is 11.5 Å². The molecule has 2 N–H and O–H groups in total. The third kappa shape index (κ3) is 2.09. The Bertz CT molecular complexity index is 389. The van der Waals surface area contributed by atoms with Gasteiger partial charge in [0.2, 0.25) is 0 Å². The minimum Gasteiger partial charge on any atom is -0.324 e. The van der Waals surface area contributed by atoms with Crippen molar-refractivity contribution < 1.29 is 8.78 Å². The first-order valence-electron chi connectivity index (χ1n) is 5.39. The summed E-state index contributed by atoms with van der Waals surface area (Å²) in [5, 5.41) is 0. The Kier molecular flexibility index (Phi) is 3.50. The highest BCUT2D eigenvalue weighted by molar-refractivity contribution is 7.99. The number of aryl methyl sites for hydroxylation is 1. The fourth-order valence-corrected chi connectivity index (χ4v) is 3.37. The van der Waals surface area contributed by atoms with Crippen LogP contribution in [-0.4, -0.2) is 11.5 Å². The van der Waals surface area contributed by atoms with Crippen LogP contribution in [0.25, 0.3) is 0 Å². The predicted molar refractivity (Wildman–Crippen MR) is 63.5 cm³/mol. The van der Waals surface area contributed by atoms with E-state index in [0.29, 0.717) is 5.56 Å². The van der Waals surface area contributed by atoms with Crippen LogP contribution in [0.3, 0.4) is 0 Å². The van der Waals surface area contributed by atoms with Gasteiger partial charge in [0.15, 0.2) is 0 Å². The van der Waals surface area contributed by atoms with Crippen molar-refractivity contribution in [2.24, 2.45) is 11.7 Å². The Morgan fingerprint density at radius 2 is 2.19 bits per heavy atom. The highest BCUT2D eigenvalue weighted by atomic mass is 32.2. The van der Waals surface area contributed by atoms with Crippen LogP contribution in [0.4, 0.5) is 8.78 Å². The molecule has 0 aliphatic carbocycles. The van der Waals surface area contributed by atoms with Crippen molar-refractivity contribution in [2.45, 2.75) is 19.4 Å². The van der Waals surface area contributed by atoms with Gasteiger partial charge in [0, 0.05) is 11.6 Å². The first-order chi connectivity index (χ1) is 7.61. The minimum atomic E-state index is -0.521. The van der Waals surface area contributed by atoms with Crippen LogP contribution in [0.15, 0.2) is 12.1 Å². The van der Waals surface area contributed by atoms with Crippen molar-refractivity contribution >= 4 is 11.8 Å². The quantitative estimate of drug-likeness (QED) is 0.864. The summed E-state index contributed by atoms with van der Waals surface area (Å²) < 4.78 is 27.4. The van der Waals surface area contributed by atoms with Gasteiger partial charge in [0.25, 0.3) is 0 Å². The van der Waals surface area contributed by atoms with E-state index < -0.39 is 17.7 Å². The number of rotatable bonds is 2. The summed E-state index contributed by atoms with van der Waals surface area (Å²) in [6.45, 7) is 1.63. The molecular formula is C12H15F2NS. The van der Waals surface area contributed by atoms with E-state index in [1.165, 1.54) is 12.1 Å². The smallest absolute Gasteiger partial charge is 0.133 e. The topological polar surface area (TPSA) is 26.0 Å². The minimum absolute atomic E-state index is 0.0625. The lowest BCUT2D eigenvalue weighted by atomic mass is 9.91. The molecule has 4 heteroatoms. The molecule has 0 radical (unpaired) electrons. The van der Waals surface area contributed by atoms with Crippen molar-refractivity contribution in [1.29, 1.82) is 0 Å². The third-order valence-electron chi connectivity index (χ3n) is 3.13. The molecule has 0 aromatic heterocycles. The molecule has 2 rings (SSSR count). The van der Waals surface area contributed by atoms with Crippen molar-refractivity contribution in [3.05, 3.63) is 34.9 Å². The lowest BCUT2D eigenvalue weighted by molar-refractivity contribution is 0.434. The van der Waals surface area contributed by atoms with Gasteiger partial charge in [-0.15, -0.1) is 0 Å². The number of thioether (sulfide) groups is 1. The monoisotopic (exact) mass is 243 g/mol. The fraction of sp³-hybridized carbons (Fsp3) is 0.500. The van der Waals surface area contributed by atoms with E-state index in [1.807, 2.05) is 0 Å². The highest BCUT2D eigenvalue weighted by Gasteiger charge is 2.28. The van der Waals surface area contributed by atoms with Crippen LogP contribution in [0.1, 0.15) is 23.6 Å². The summed E-state index contributed by atoms with van der Waals surface area (Å²) >= 11 is 1.80. The number of benzene rings is 1. The lowest BCUT2D eigenvalue weighted by Crippen LogP contribution is -2.24. The largest absolute Gasteiger partial charge is 0.324 e. The summed E-state index contributed by atoms with van der Waals surface area (Å²) in [4.78, 5) is 0. The lowest BCUT2D eigenvalue weighted by Gasteiger charge is -2.20. The average molecular weight is 243 g/mol. The Balaban J connectivity index is 2.34. The van der Waals surface area contributed by atoms with Gasteiger partial charge in [-0.05, 0) is 42.4 Å². The van der Waals surface area contributed by atoms with E-state index >= 15 is 0 Å². The Morgan fingerprint density at radius 1 is 1.44 bits per heavy atom. The molecule has 2 atom stereocenters. The molecule has 1 heterocycles. The van der Waals surface area contributed by atoms with E-state index in [2.05, 4.69) is 0 Å². The normalized spacial score (nSPS) is 22.4.